The van der Waals surface area contributed by atoms with E-state index in [0.29, 0.717) is 57.4 Å². The zero-order chi connectivity index (χ0) is 28.6. The summed E-state index contributed by atoms with van der Waals surface area (Å²) in [5, 5.41) is 11.0. The van der Waals surface area contributed by atoms with Gasteiger partial charge < -0.3 is 29.8 Å². The van der Waals surface area contributed by atoms with Gasteiger partial charge in [-0.2, -0.15) is 0 Å². The van der Waals surface area contributed by atoms with E-state index in [4.69, 9.17) is 14.6 Å². The van der Waals surface area contributed by atoms with Crippen LogP contribution in [0.3, 0.4) is 0 Å². The third kappa shape index (κ3) is 5.52. The van der Waals surface area contributed by atoms with E-state index in [1.165, 1.54) is 6.08 Å². The predicted molar refractivity (Wildman–Crippen MR) is 148 cm³/mol. The molecule has 8 nitrogen and oxygen atoms in total. The molecule has 40 heavy (non-hydrogen) atoms. The number of likely N-dealkylation sites (tertiary alicyclic amines) is 1. The zero-order valence-electron chi connectivity index (χ0n) is 22.9. The molecule has 2 aliphatic rings. The molecule has 2 unspecified atom stereocenters. The number of hydrogen-bond acceptors (Lipinski definition) is 5. The molecular weight excluding hydrogens is 518 g/mol. The average Bonchev–Trinajstić information content (AvgIpc) is 3.67. The number of fused-ring (bicyclic) bond motifs is 1. The van der Waals surface area contributed by atoms with E-state index in [2.05, 4.69) is 17.2 Å². The SMILES string of the molecule is Cc1oc2cc(O/C(=C/C=N)c3[nH]cc(C(=O)N4CCC(C)C4)c3C)ccc2c1C(=O)NCC1CCC(F)(F)C1. The summed E-state index contributed by atoms with van der Waals surface area (Å²) in [6.07, 6.45) is 5.30. The monoisotopic (exact) mass is 552 g/mol. The lowest BCUT2D eigenvalue weighted by Crippen LogP contribution is -2.29. The van der Waals surface area contributed by atoms with Crippen LogP contribution in [0.5, 0.6) is 5.75 Å². The number of aryl methyl sites for hydroxylation is 1. The van der Waals surface area contributed by atoms with E-state index >= 15 is 0 Å². The summed E-state index contributed by atoms with van der Waals surface area (Å²) in [5.74, 6) is -1.63. The number of alkyl halides is 2. The summed E-state index contributed by atoms with van der Waals surface area (Å²) >= 11 is 0. The third-order valence-corrected chi connectivity index (χ3v) is 7.91. The molecule has 2 amide bonds. The first-order valence-electron chi connectivity index (χ1n) is 13.6. The largest absolute Gasteiger partial charge is 0.460 e. The number of aromatic amines is 1. The fraction of sp³-hybridized carbons (Fsp3) is 0.433. The van der Waals surface area contributed by atoms with E-state index in [9.17, 15) is 18.4 Å². The number of furan rings is 1. The van der Waals surface area contributed by atoms with E-state index < -0.39 is 5.92 Å². The van der Waals surface area contributed by atoms with Crippen LogP contribution in [0.15, 0.2) is 34.9 Å². The molecule has 212 valence electrons. The smallest absolute Gasteiger partial charge is 0.255 e. The molecule has 10 heteroatoms. The molecule has 1 aliphatic heterocycles. The summed E-state index contributed by atoms with van der Waals surface area (Å²) in [5.41, 5.74) is 2.68. The summed E-state index contributed by atoms with van der Waals surface area (Å²) in [6, 6.07) is 5.07. The molecule has 0 bridgehead atoms. The van der Waals surface area contributed by atoms with Crippen molar-refractivity contribution in [3.05, 3.63) is 58.6 Å². The Morgan fingerprint density at radius 2 is 2.10 bits per heavy atom. The van der Waals surface area contributed by atoms with Crippen molar-refractivity contribution in [3.8, 4) is 5.75 Å². The number of amides is 2. The molecule has 2 atom stereocenters. The molecule has 5 rings (SSSR count). The van der Waals surface area contributed by atoms with Gasteiger partial charge in [-0.3, -0.25) is 9.59 Å². The Kier molecular flexibility index (Phi) is 7.53. The number of allylic oxidation sites excluding steroid dienone is 1. The molecule has 1 aliphatic carbocycles. The van der Waals surface area contributed by atoms with Crippen molar-refractivity contribution in [3.63, 3.8) is 0 Å². The second-order valence-corrected chi connectivity index (χ2v) is 11.0. The molecule has 2 fully saturated rings. The van der Waals surface area contributed by atoms with E-state index in [0.717, 1.165) is 31.3 Å². The number of carbonyl (C=O) groups is 2. The van der Waals surface area contributed by atoms with Crippen molar-refractivity contribution in [2.75, 3.05) is 19.6 Å². The molecule has 3 aromatic rings. The molecule has 1 saturated heterocycles. The zero-order valence-corrected chi connectivity index (χ0v) is 22.9. The van der Waals surface area contributed by atoms with E-state index in [1.807, 2.05) is 11.8 Å². The van der Waals surface area contributed by atoms with Crippen LogP contribution < -0.4 is 10.1 Å². The van der Waals surface area contributed by atoms with Gasteiger partial charge in [0.2, 0.25) is 5.92 Å². The number of H-pyrrole nitrogens is 1. The Bertz CT molecular complexity index is 1490. The van der Waals surface area contributed by atoms with Crippen LogP contribution in [0.2, 0.25) is 0 Å². The summed E-state index contributed by atoms with van der Waals surface area (Å²) in [7, 11) is 0. The number of aromatic nitrogens is 1. The van der Waals surface area contributed by atoms with Crippen LogP contribution in [-0.2, 0) is 0 Å². The molecule has 1 aromatic carbocycles. The summed E-state index contributed by atoms with van der Waals surface area (Å²) < 4.78 is 39.0. The Balaban J connectivity index is 1.33. The summed E-state index contributed by atoms with van der Waals surface area (Å²) in [4.78, 5) is 31.0. The van der Waals surface area contributed by atoms with Crippen molar-refractivity contribution in [1.82, 2.24) is 15.2 Å². The first-order chi connectivity index (χ1) is 19.1. The summed E-state index contributed by atoms with van der Waals surface area (Å²) in [6.45, 7) is 7.32. The van der Waals surface area contributed by atoms with Crippen LogP contribution in [0.25, 0.3) is 16.7 Å². The van der Waals surface area contributed by atoms with Crippen LogP contribution in [-0.4, -0.2) is 53.5 Å². The number of nitrogens with zero attached hydrogens (tertiary/aromatic N) is 1. The number of hydrogen-bond donors (Lipinski definition) is 3. The van der Waals surface area contributed by atoms with Gasteiger partial charge in [-0.05, 0) is 56.2 Å². The number of nitrogens with one attached hydrogen (secondary N) is 3. The number of rotatable bonds is 8. The molecule has 0 spiro atoms. The Labute approximate surface area is 231 Å². The van der Waals surface area contributed by atoms with Gasteiger partial charge in [0.25, 0.3) is 11.8 Å². The molecule has 3 N–H and O–H groups in total. The Hall–Kier alpha value is -3.95. The first-order valence-corrected chi connectivity index (χ1v) is 13.6. The fourth-order valence-electron chi connectivity index (χ4n) is 5.72. The van der Waals surface area contributed by atoms with Crippen LogP contribution in [0.1, 0.15) is 70.3 Å². The third-order valence-electron chi connectivity index (χ3n) is 7.91. The number of benzene rings is 1. The van der Waals surface area contributed by atoms with Gasteiger partial charge in [-0.25, -0.2) is 8.78 Å². The fourth-order valence-corrected chi connectivity index (χ4v) is 5.72. The van der Waals surface area contributed by atoms with Gasteiger partial charge in [0.15, 0.2) is 5.76 Å². The Morgan fingerprint density at radius 3 is 2.77 bits per heavy atom. The molecule has 2 aromatic heterocycles. The minimum atomic E-state index is -2.66. The topological polar surface area (TPSA) is 111 Å². The molecule has 0 radical (unpaired) electrons. The quantitative estimate of drug-likeness (QED) is 0.232. The lowest BCUT2D eigenvalue weighted by Gasteiger charge is -2.16. The highest BCUT2D eigenvalue weighted by molar-refractivity contribution is 6.07. The van der Waals surface area contributed by atoms with Crippen LogP contribution >= 0.6 is 0 Å². The maximum Gasteiger partial charge on any atom is 0.255 e. The first kappa shape index (κ1) is 27.6. The maximum atomic E-state index is 13.5. The highest BCUT2D eigenvalue weighted by Gasteiger charge is 2.39. The number of carbonyl (C=O) groups excluding carboxylic acids is 2. The van der Waals surface area contributed by atoms with Gasteiger partial charge in [-0.15, -0.1) is 0 Å². The van der Waals surface area contributed by atoms with Gasteiger partial charge in [0.1, 0.15) is 17.1 Å². The highest BCUT2D eigenvalue weighted by atomic mass is 19.3. The molecule has 1 saturated carbocycles. The second-order valence-electron chi connectivity index (χ2n) is 11.0. The normalized spacial score (nSPS) is 20.7. The maximum absolute atomic E-state index is 13.5. The van der Waals surface area contributed by atoms with Crippen molar-refractivity contribution < 1.29 is 27.5 Å². The number of halogens is 2. The van der Waals surface area contributed by atoms with E-state index in [1.54, 1.807) is 31.3 Å². The van der Waals surface area contributed by atoms with Crippen LogP contribution in [0, 0.1) is 31.1 Å². The van der Waals surface area contributed by atoms with Crippen molar-refractivity contribution in [2.24, 2.45) is 11.8 Å². The minimum Gasteiger partial charge on any atom is -0.460 e. The number of ether oxygens (including phenoxy) is 1. The lowest BCUT2D eigenvalue weighted by molar-refractivity contribution is 0.00503. The lowest BCUT2D eigenvalue weighted by atomic mass is 10.1. The standard InChI is InChI=1S/C30H34F2N4O4/c1-17-8-11-36(16-17)29(38)23-15-34-27(18(23)2)24(7-10-33)40-21-4-5-22-25(12-21)39-19(3)26(22)28(37)35-14-20-6-9-30(31,32)13-20/h4-5,7,10,12,15,17,20,33-34H,6,8-9,11,13-14,16H2,1-3H3,(H,35,37)/b24-7+,33-10?. The van der Waals surface area contributed by atoms with Crippen molar-refractivity contribution in [2.45, 2.75) is 52.4 Å². The highest BCUT2D eigenvalue weighted by Crippen LogP contribution is 2.38. The Morgan fingerprint density at radius 1 is 1.30 bits per heavy atom. The van der Waals surface area contributed by atoms with Gasteiger partial charge in [0.05, 0.1) is 16.8 Å². The van der Waals surface area contributed by atoms with Gasteiger partial charge >= 0.3 is 0 Å². The van der Waals surface area contributed by atoms with Gasteiger partial charge in [0, 0.05) is 62.4 Å². The minimum absolute atomic E-state index is 0.0292. The average molecular weight is 553 g/mol. The molecule has 3 heterocycles. The van der Waals surface area contributed by atoms with Crippen molar-refractivity contribution >= 4 is 34.8 Å². The van der Waals surface area contributed by atoms with E-state index in [-0.39, 0.29) is 37.1 Å². The predicted octanol–water partition coefficient (Wildman–Crippen LogP) is 6.09. The molecular formula is C30H34F2N4O4. The second kappa shape index (κ2) is 10.9. The van der Waals surface area contributed by atoms with Crippen molar-refractivity contribution in [1.29, 1.82) is 5.41 Å². The van der Waals surface area contributed by atoms with Gasteiger partial charge in [-0.1, -0.05) is 6.92 Å². The van der Waals surface area contributed by atoms with Crippen LogP contribution in [0.4, 0.5) is 8.78 Å².